The minimum absolute atomic E-state index is 0. The van der Waals surface area contributed by atoms with Gasteiger partial charge in [-0.25, -0.2) is 0 Å². The fraction of sp³-hybridized carbons (Fsp3) is 0.562. The van der Waals surface area contributed by atoms with Crippen LogP contribution in [0.4, 0.5) is 0 Å². The highest BCUT2D eigenvalue weighted by Gasteiger charge is 2.30. The summed E-state index contributed by atoms with van der Waals surface area (Å²) < 4.78 is 15.9. The van der Waals surface area contributed by atoms with E-state index in [0.717, 1.165) is 13.0 Å². The van der Waals surface area contributed by atoms with E-state index in [0.29, 0.717) is 35.3 Å². The summed E-state index contributed by atoms with van der Waals surface area (Å²) in [7, 11) is 4.61. The van der Waals surface area contributed by atoms with Crippen LogP contribution in [0.2, 0.25) is 0 Å². The van der Waals surface area contributed by atoms with Gasteiger partial charge >= 0.3 is 0 Å². The maximum Gasteiger partial charge on any atom is 0.254 e. The number of likely N-dealkylation sites (tertiary alicyclic amines) is 1. The zero-order valence-electron chi connectivity index (χ0n) is 14.0. The Balaban J connectivity index is 0.00000264. The molecule has 23 heavy (non-hydrogen) atoms. The normalized spacial score (nSPS) is 18.1. The van der Waals surface area contributed by atoms with Gasteiger partial charge < -0.3 is 24.8 Å². The predicted octanol–water partition coefficient (Wildman–Crippen LogP) is 1.94. The first-order chi connectivity index (χ1) is 10.5. The van der Waals surface area contributed by atoms with Crippen molar-refractivity contribution in [2.75, 3.05) is 34.4 Å². The minimum atomic E-state index is -0.0394. The first-order valence-corrected chi connectivity index (χ1v) is 7.36. The van der Waals surface area contributed by atoms with E-state index in [2.05, 4.69) is 0 Å². The van der Waals surface area contributed by atoms with Crippen LogP contribution in [0.3, 0.4) is 0 Å². The van der Waals surface area contributed by atoms with Crippen molar-refractivity contribution in [3.05, 3.63) is 17.7 Å². The molecule has 1 aliphatic rings. The molecule has 2 unspecified atom stereocenters. The molecular formula is C16H25ClN2O4. The summed E-state index contributed by atoms with van der Waals surface area (Å²) >= 11 is 0. The van der Waals surface area contributed by atoms with Gasteiger partial charge in [0.25, 0.3) is 5.91 Å². The van der Waals surface area contributed by atoms with Crippen LogP contribution in [0.25, 0.3) is 0 Å². The summed E-state index contributed by atoms with van der Waals surface area (Å²) in [6, 6.07) is 3.46. The minimum Gasteiger partial charge on any atom is -0.493 e. The zero-order valence-corrected chi connectivity index (χ0v) is 14.8. The van der Waals surface area contributed by atoms with Crippen LogP contribution >= 0.6 is 12.4 Å². The molecule has 1 aromatic rings. The van der Waals surface area contributed by atoms with Gasteiger partial charge in [-0.2, -0.15) is 0 Å². The highest BCUT2D eigenvalue weighted by atomic mass is 35.5. The third kappa shape index (κ3) is 4.00. The smallest absolute Gasteiger partial charge is 0.254 e. The Morgan fingerprint density at radius 2 is 1.78 bits per heavy atom. The average molecular weight is 345 g/mol. The predicted molar refractivity (Wildman–Crippen MR) is 91.0 cm³/mol. The number of benzene rings is 1. The van der Waals surface area contributed by atoms with E-state index in [9.17, 15) is 4.79 Å². The van der Waals surface area contributed by atoms with E-state index >= 15 is 0 Å². The second kappa shape index (κ2) is 8.26. The molecule has 7 heteroatoms. The molecule has 0 spiro atoms. The molecule has 2 N–H and O–H groups in total. The number of carbonyl (C=O) groups is 1. The van der Waals surface area contributed by atoms with Crippen LogP contribution in [-0.2, 0) is 0 Å². The second-order valence-electron chi connectivity index (χ2n) is 5.57. The number of rotatable bonds is 5. The number of methoxy groups -OCH3 is 3. The molecule has 0 aliphatic carbocycles. The van der Waals surface area contributed by atoms with Crippen LogP contribution in [0.5, 0.6) is 17.2 Å². The number of carbonyl (C=O) groups excluding carboxylic acids is 1. The Morgan fingerprint density at radius 1 is 1.22 bits per heavy atom. The van der Waals surface area contributed by atoms with E-state index in [1.54, 1.807) is 12.1 Å². The topological polar surface area (TPSA) is 74.0 Å². The number of halogens is 1. The van der Waals surface area contributed by atoms with Crippen molar-refractivity contribution in [1.82, 2.24) is 4.90 Å². The molecule has 1 amide bonds. The standard InChI is InChI=1S/C16H24N2O4.ClH/c1-10(17)11-5-6-18(9-11)16(19)12-7-13(20-2)15(22-4)14(8-12)21-3;/h7-8,10-11H,5-6,9,17H2,1-4H3;1H. The molecule has 1 fully saturated rings. The molecule has 1 saturated heterocycles. The van der Waals surface area contributed by atoms with Crippen molar-refractivity contribution in [3.63, 3.8) is 0 Å². The Morgan fingerprint density at radius 3 is 2.17 bits per heavy atom. The van der Waals surface area contributed by atoms with E-state index in [1.807, 2.05) is 11.8 Å². The number of hydrogen-bond donors (Lipinski definition) is 1. The summed E-state index contributed by atoms with van der Waals surface area (Å²) in [6.45, 7) is 3.40. The largest absolute Gasteiger partial charge is 0.493 e. The molecule has 0 saturated carbocycles. The van der Waals surface area contributed by atoms with Gasteiger partial charge in [0.15, 0.2) is 11.5 Å². The third-order valence-corrected chi connectivity index (χ3v) is 4.17. The highest BCUT2D eigenvalue weighted by molar-refractivity contribution is 5.95. The van der Waals surface area contributed by atoms with E-state index in [-0.39, 0.29) is 24.4 Å². The van der Waals surface area contributed by atoms with Crippen molar-refractivity contribution >= 4 is 18.3 Å². The first kappa shape index (κ1) is 19.4. The molecule has 1 aliphatic heterocycles. The molecule has 0 radical (unpaired) electrons. The van der Waals surface area contributed by atoms with Gasteiger partial charge in [-0.3, -0.25) is 4.79 Å². The van der Waals surface area contributed by atoms with E-state index < -0.39 is 0 Å². The molecular weight excluding hydrogens is 320 g/mol. The number of ether oxygens (including phenoxy) is 3. The molecule has 2 rings (SSSR count). The third-order valence-electron chi connectivity index (χ3n) is 4.17. The SMILES string of the molecule is COc1cc(C(=O)N2CCC(C(C)N)C2)cc(OC)c1OC.Cl. The van der Waals surface area contributed by atoms with Gasteiger partial charge in [-0.15, -0.1) is 12.4 Å². The summed E-state index contributed by atoms with van der Waals surface area (Å²) in [5, 5.41) is 0. The van der Waals surface area contributed by atoms with Crippen molar-refractivity contribution in [2.45, 2.75) is 19.4 Å². The summed E-state index contributed by atoms with van der Waals surface area (Å²) in [4.78, 5) is 14.5. The molecule has 130 valence electrons. The second-order valence-corrected chi connectivity index (χ2v) is 5.57. The molecule has 0 bridgehead atoms. The maximum atomic E-state index is 12.7. The Hall–Kier alpha value is -1.66. The highest BCUT2D eigenvalue weighted by Crippen LogP contribution is 2.38. The Kier molecular flexibility index (Phi) is 6.97. The zero-order chi connectivity index (χ0) is 16.3. The van der Waals surface area contributed by atoms with Gasteiger partial charge in [0.05, 0.1) is 21.3 Å². The van der Waals surface area contributed by atoms with Crippen LogP contribution in [-0.4, -0.2) is 51.3 Å². The van der Waals surface area contributed by atoms with Crippen LogP contribution in [0.1, 0.15) is 23.7 Å². The van der Waals surface area contributed by atoms with Gasteiger partial charge in [0, 0.05) is 24.7 Å². The lowest BCUT2D eigenvalue weighted by atomic mass is 10.0. The molecule has 1 aromatic carbocycles. The lowest BCUT2D eigenvalue weighted by Crippen LogP contribution is -2.33. The number of amides is 1. The van der Waals surface area contributed by atoms with Gasteiger partial charge in [0.1, 0.15) is 0 Å². The Bertz CT molecular complexity index is 526. The Labute approximate surface area is 143 Å². The van der Waals surface area contributed by atoms with Crippen molar-refractivity contribution in [2.24, 2.45) is 11.7 Å². The summed E-state index contributed by atoms with van der Waals surface area (Å²) in [5.74, 6) is 1.76. The van der Waals surface area contributed by atoms with Crippen molar-refractivity contribution < 1.29 is 19.0 Å². The van der Waals surface area contributed by atoms with Crippen LogP contribution in [0, 0.1) is 5.92 Å². The van der Waals surface area contributed by atoms with E-state index in [4.69, 9.17) is 19.9 Å². The quantitative estimate of drug-likeness (QED) is 0.883. The molecule has 0 aromatic heterocycles. The average Bonchev–Trinajstić information content (AvgIpc) is 3.02. The lowest BCUT2D eigenvalue weighted by Gasteiger charge is -2.20. The number of nitrogens with two attached hydrogens (primary N) is 1. The fourth-order valence-electron chi connectivity index (χ4n) is 2.79. The van der Waals surface area contributed by atoms with Gasteiger partial charge in [-0.1, -0.05) is 0 Å². The lowest BCUT2D eigenvalue weighted by molar-refractivity contribution is 0.0785. The summed E-state index contributed by atoms with van der Waals surface area (Å²) in [6.07, 6.45) is 0.938. The monoisotopic (exact) mass is 344 g/mol. The maximum absolute atomic E-state index is 12.7. The van der Waals surface area contributed by atoms with E-state index in [1.165, 1.54) is 21.3 Å². The van der Waals surface area contributed by atoms with Crippen LogP contribution in [0.15, 0.2) is 12.1 Å². The van der Waals surface area contributed by atoms with Crippen molar-refractivity contribution in [3.8, 4) is 17.2 Å². The van der Waals surface area contributed by atoms with Gasteiger partial charge in [-0.05, 0) is 31.4 Å². The molecule has 6 nitrogen and oxygen atoms in total. The van der Waals surface area contributed by atoms with Crippen LogP contribution < -0.4 is 19.9 Å². The molecule has 2 atom stereocenters. The first-order valence-electron chi connectivity index (χ1n) is 7.36. The van der Waals surface area contributed by atoms with Gasteiger partial charge in [0.2, 0.25) is 5.75 Å². The molecule has 1 heterocycles. The fourth-order valence-corrected chi connectivity index (χ4v) is 2.79. The summed E-state index contributed by atoms with van der Waals surface area (Å²) in [5.41, 5.74) is 6.46. The van der Waals surface area contributed by atoms with Crippen molar-refractivity contribution in [1.29, 1.82) is 0 Å². The number of nitrogens with zero attached hydrogens (tertiary/aromatic N) is 1. The number of hydrogen-bond acceptors (Lipinski definition) is 5.